The van der Waals surface area contributed by atoms with Crippen molar-refractivity contribution in [1.29, 1.82) is 0 Å². The lowest BCUT2D eigenvalue weighted by molar-refractivity contribution is -0.139. The minimum Gasteiger partial charge on any atom is -0.333 e. The Bertz CT molecular complexity index is 710. The van der Waals surface area contributed by atoms with Crippen molar-refractivity contribution >= 4 is 17.5 Å². The summed E-state index contributed by atoms with van der Waals surface area (Å²) in [5.74, 6) is -4.07. The lowest BCUT2D eigenvalue weighted by Crippen LogP contribution is -2.43. The quantitative estimate of drug-likeness (QED) is 0.778. The molecule has 3 rings (SSSR count). The third-order valence-corrected chi connectivity index (χ3v) is 5.50. The van der Waals surface area contributed by atoms with E-state index < -0.39 is 29.0 Å². The smallest absolute Gasteiger partial charge is 0.244 e. The van der Waals surface area contributed by atoms with Crippen molar-refractivity contribution in [1.82, 2.24) is 4.90 Å². The van der Waals surface area contributed by atoms with E-state index in [-0.39, 0.29) is 18.4 Å². The molecule has 4 nitrogen and oxygen atoms in total. The van der Waals surface area contributed by atoms with Crippen LogP contribution in [0.3, 0.4) is 0 Å². The van der Waals surface area contributed by atoms with Crippen LogP contribution in [0, 0.1) is 35.2 Å². The van der Waals surface area contributed by atoms with Crippen LogP contribution in [0.2, 0.25) is 0 Å². The first-order valence-electron chi connectivity index (χ1n) is 9.12. The number of nitrogens with zero attached hydrogens (tertiary/aromatic N) is 1. The zero-order valence-corrected chi connectivity index (χ0v) is 14.7. The van der Waals surface area contributed by atoms with Gasteiger partial charge in [-0.2, -0.15) is 0 Å². The summed E-state index contributed by atoms with van der Waals surface area (Å²) >= 11 is 0. The molecule has 2 aliphatic carbocycles. The Morgan fingerprint density at radius 2 is 1.92 bits per heavy atom. The van der Waals surface area contributed by atoms with Crippen LogP contribution in [0.25, 0.3) is 0 Å². The van der Waals surface area contributed by atoms with E-state index in [2.05, 4.69) is 5.32 Å². The Labute approximate surface area is 150 Å². The molecule has 0 spiro atoms. The average molecular weight is 368 g/mol. The number of carbonyl (C=O) groups is 2. The SMILES string of the molecule is CCCN(CC(=O)Nc1ccc(F)c(F)c1F)C(=O)C1CC2CCC1C2. The maximum absolute atomic E-state index is 13.7. The zero-order chi connectivity index (χ0) is 18.8. The first-order chi connectivity index (χ1) is 12.4. The molecule has 1 aromatic carbocycles. The summed E-state index contributed by atoms with van der Waals surface area (Å²) in [5.41, 5.74) is -0.433. The van der Waals surface area contributed by atoms with Crippen molar-refractivity contribution in [3.05, 3.63) is 29.6 Å². The maximum atomic E-state index is 13.7. The lowest BCUT2D eigenvalue weighted by Gasteiger charge is -2.29. The third-order valence-electron chi connectivity index (χ3n) is 5.50. The average Bonchev–Trinajstić information content (AvgIpc) is 3.24. The van der Waals surface area contributed by atoms with Gasteiger partial charge in [-0.3, -0.25) is 9.59 Å². The molecule has 1 N–H and O–H groups in total. The fourth-order valence-corrected chi connectivity index (χ4v) is 4.30. The van der Waals surface area contributed by atoms with E-state index in [1.807, 2.05) is 6.92 Å². The molecule has 3 unspecified atom stereocenters. The van der Waals surface area contributed by atoms with E-state index >= 15 is 0 Å². The fraction of sp³-hybridized carbons (Fsp3) is 0.579. The van der Waals surface area contributed by atoms with Crippen LogP contribution in [-0.4, -0.2) is 29.8 Å². The van der Waals surface area contributed by atoms with Gasteiger partial charge in [0, 0.05) is 12.5 Å². The highest BCUT2D eigenvalue weighted by atomic mass is 19.2. The molecule has 2 aliphatic rings. The van der Waals surface area contributed by atoms with Crippen LogP contribution in [0.15, 0.2) is 12.1 Å². The van der Waals surface area contributed by atoms with Crippen molar-refractivity contribution in [3.63, 3.8) is 0 Å². The van der Waals surface area contributed by atoms with Crippen LogP contribution < -0.4 is 5.32 Å². The van der Waals surface area contributed by atoms with Gasteiger partial charge in [0.25, 0.3) is 0 Å². The highest BCUT2D eigenvalue weighted by Crippen LogP contribution is 2.48. The van der Waals surface area contributed by atoms with Crippen LogP contribution in [0.4, 0.5) is 18.9 Å². The van der Waals surface area contributed by atoms with Crippen molar-refractivity contribution in [2.45, 2.75) is 39.0 Å². The minimum absolute atomic E-state index is 0.0278. The highest BCUT2D eigenvalue weighted by Gasteiger charge is 2.44. The number of hydrogen-bond acceptors (Lipinski definition) is 2. The van der Waals surface area contributed by atoms with Crippen molar-refractivity contribution in [3.8, 4) is 0 Å². The van der Waals surface area contributed by atoms with Crippen LogP contribution in [0.1, 0.15) is 39.0 Å². The number of carbonyl (C=O) groups excluding carboxylic acids is 2. The molecule has 0 heterocycles. The Morgan fingerprint density at radius 1 is 1.15 bits per heavy atom. The molecule has 142 valence electrons. The number of hydrogen-bond donors (Lipinski definition) is 1. The molecule has 2 bridgehead atoms. The lowest BCUT2D eigenvalue weighted by atomic mass is 9.87. The van der Waals surface area contributed by atoms with E-state index in [1.54, 1.807) is 0 Å². The number of halogens is 3. The maximum Gasteiger partial charge on any atom is 0.244 e. The first kappa shape index (κ1) is 18.7. The monoisotopic (exact) mass is 368 g/mol. The van der Waals surface area contributed by atoms with Gasteiger partial charge in [-0.05, 0) is 49.7 Å². The van der Waals surface area contributed by atoms with Gasteiger partial charge in [-0.25, -0.2) is 13.2 Å². The van der Waals surface area contributed by atoms with Gasteiger partial charge in [-0.1, -0.05) is 13.3 Å². The van der Waals surface area contributed by atoms with Crippen molar-refractivity contribution in [2.75, 3.05) is 18.4 Å². The summed E-state index contributed by atoms with van der Waals surface area (Å²) in [6, 6.07) is 1.71. The topological polar surface area (TPSA) is 49.4 Å². The van der Waals surface area contributed by atoms with Gasteiger partial charge in [0.2, 0.25) is 11.8 Å². The van der Waals surface area contributed by atoms with Crippen molar-refractivity contribution in [2.24, 2.45) is 17.8 Å². The van der Waals surface area contributed by atoms with Crippen LogP contribution >= 0.6 is 0 Å². The highest BCUT2D eigenvalue weighted by molar-refractivity contribution is 5.95. The second-order valence-corrected chi connectivity index (χ2v) is 7.31. The molecule has 2 fully saturated rings. The number of anilines is 1. The van der Waals surface area contributed by atoms with Gasteiger partial charge < -0.3 is 10.2 Å². The van der Waals surface area contributed by atoms with Gasteiger partial charge in [0.05, 0.1) is 12.2 Å². The summed E-state index contributed by atoms with van der Waals surface area (Å²) in [5, 5.41) is 2.23. The van der Waals surface area contributed by atoms with E-state index in [9.17, 15) is 22.8 Å². The summed E-state index contributed by atoms with van der Waals surface area (Å²) in [6.07, 6.45) is 4.90. The molecule has 2 amide bonds. The summed E-state index contributed by atoms with van der Waals surface area (Å²) in [7, 11) is 0. The largest absolute Gasteiger partial charge is 0.333 e. The Hall–Kier alpha value is -2.05. The van der Waals surface area contributed by atoms with Crippen LogP contribution in [0.5, 0.6) is 0 Å². The van der Waals surface area contributed by atoms with Crippen LogP contribution in [-0.2, 0) is 9.59 Å². The molecule has 26 heavy (non-hydrogen) atoms. The van der Waals surface area contributed by atoms with E-state index in [4.69, 9.17) is 0 Å². The number of fused-ring (bicyclic) bond motifs is 2. The predicted octanol–water partition coefficient (Wildman–Crippen LogP) is 3.72. The summed E-state index contributed by atoms with van der Waals surface area (Å²) in [6.45, 7) is 2.12. The first-order valence-corrected chi connectivity index (χ1v) is 9.12. The van der Waals surface area contributed by atoms with E-state index in [0.717, 1.165) is 31.4 Å². The zero-order valence-electron chi connectivity index (χ0n) is 14.7. The Kier molecular flexibility index (Phi) is 5.53. The van der Waals surface area contributed by atoms with E-state index in [1.165, 1.54) is 11.3 Å². The molecule has 0 radical (unpaired) electrons. The minimum atomic E-state index is -1.63. The number of rotatable bonds is 6. The molecule has 0 aliphatic heterocycles. The molecule has 0 aromatic heterocycles. The standard InChI is InChI=1S/C19H23F3N2O2/c1-2-7-24(19(26)13-9-11-3-4-12(13)8-11)10-16(25)23-15-6-5-14(20)17(21)18(15)22/h5-6,11-13H,2-4,7-10H2,1H3,(H,23,25). The number of amides is 2. The normalized spacial score (nSPS) is 23.9. The summed E-state index contributed by atoms with van der Waals surface area (Å²) in [4.78, 5) is 26.6. The number of benzene rings is 1. The van der Waals surface area contributed by atoms with E-state index in [0.29, 0.717) is 24.8 Å². The fourth-order valence-electron chi connectivity index (χ4n) is 4.30. The van der Waals surface area contributed by atoms with Gasteiger partial charge >= 0.3 is 0 Å². The predicted molar refractivity (Wildman–Crippen MR) is 90.8 cm³/mol. The second-order valence-electron chi connectivity index (χ2n) is 7.31. The van der Waals surface area contributed by atoms with Crippen molar-refractivity contribution < 1.29 is 22.8 Å². The molecule has 1 aromatic rings. The summed E-state index contributed by atoms with van der Waals surface area (Å²) < 4.78 is 40.0. The molecule has 2 saturated carbocycles. The Balaban J connectivity index is 1.65. The molecule has 3 atom stereocenters. The number of nitrogens with one attached hydrogen (secondary N) is 1. The molecular formula is C19H23F3N2O2. The third kappa shape index (κ3) is 3.71. The van der Waals surface area contributed by atoms with Gasteiger partial charge in [0.1, 0.15) is 0 Å². The molecule has 7 heteroatoms. The molecular weight excluding hydrogens is 345 g/mol. The van der Waals surface area contributed by atoms with Gasteiger partial charge in [-0.15, -0.1) is 0 Å². The second kappa shape index (κ2) is 7.68. The Morgan fingerprint density at radius 3 is 2.54 bits per heavy atom. The molecule has 0 saturated heterocycles. The van der Waals surface area contributed by atoms with Gasteiger partial charge in [0.15, 0.2) is 17.5 Å².